The number of nitrogens with one attached hydrogen (secondary N) is 2. The lowest BCUT2D eigenvalue weighted by Crippen LogP contribution is -2.37. The molecular formula is C16H14ClN3O2. The number of hydrazone groups is 1. The van der Waals surface area contributed by atoms with Crippen molar-refractivity contribution in [1.82, 2.24) is 10.7 Å². The van der Waals surface area contributed by atoms with Crippen molar-refractivity contribution >= 4 is 29.6 Å². The van der Waals surface area contributed by atoms with E-state index in [0.717, 1.165) is 11.1 Å². The van der Waals surface area contributed by atoms with Crippen molar-refractivity contribution in [1.29, 1.82) is 0 Å². The molecule has 0 fully saturated rings. The van der Waals surface area contributed by atoms with Gasteiger partial charge in [0.1, 0.15) is 0 Å². The van der Waals surface area contributed by atoms with E-state index in [-0.39, 0.29) is 6.54 Å². The maximum atomic E-state index is 11.6. The van der Waals surface area contributed by atoms with Gasteiger partial charge in [-0.25, -0.2) is 5.43 Å². The molecule has 112 valence electrons. The molecule has 0 radical (unpaired) electrons. The summed E-state index contributed by atoms with van der Waals surface area (Å²) in [5.74, 6) is -1.56. The topological polar surface area (TPSA) is 70.6 Å². The molecule has 0 atom stereocenters. The highest BCUT2D eigenvalue weighted by atomic mass is 35.5. The smallest absolute Gasteiger partial charge is 0.329 e. The van der Waals surface area contributed by atoms with Gasteiger partial charge in [-0.05, 0) is 23.3 Å². The quantitative estimate of drug-likeness (QED) is 0.515. The Morgan fingerprint density at radius 3 is 2.36 bits per heavy atom. The number of hydrogen-bond acceptors (Lipinski definition) is 3. The van der Waals surface area contributed by atoms with Gasteiger partial charge in [-0.2, -0.15) is 5.10 Å². The molecule has 0 aliphatic carbocycles. The van der Waals surface area contributed by atoms with Crippen LogP contribution in [0, 0.1) is 0 Å². The Hall–Kier alpha value is -2.66. The maximum Gasteiger partial charge on any atom is 0.329 e. The molecule has 0 heterocycles. The minimum Gasteiger partial charge on any atom is -0.344 e. The van der Waals surface area contributed by atoms with E-state index < -0.39 is 11.8 Å². The largest absolute Gasteiger partial charge is 0.344 e. The first-order valence-electron chi connectivity index (χ1n) is 6.56. The second kappa shape index (κ2) is 7.95. The average Bonchev–Trinajstić information content (AvgIpc) is 2.55. The third-order valence-corrected chi connectivity index (χ3v) is 3.00. The summed E-state index contributed by atoms with van der Waals surface area (Å²) in [7, 11) is 0. The molecule has 0 spiro atoms. The van der Waals surface area contributed by atoms with E-state index in [1.807, 2.05) is 30.3 Å². The predicted octanol–water partition coefficient (Wildman–Crippen LogP) is 2.11. The summed E-state index contributed by atoms with van der Waals surface area (Å²) < 4.78 is 0. The van der Waals surface area contributed by atoms with Crippen molar-refractivity contribution in [2.24, 2.45) is 5.10 Å². The van der Waals surface area contributed by atoms with Crippen LogP contribution in [0.15, 0.2) is 59.7 Å². The molecule has 0 saturated heterocycles. The van der Waals surface area contributed by atoms with Gasteiger partial charge in [0.25, 0.3) is 0 Å². The Kier molecular flexibility index (Phi) is 5.68. The van der Waals surface area contributed by atoms with Gasteiger partial charge >= 0.3 is 11.8 Å². The number of hydrogen-bond donors (Lipinski definition) is 2. The van der Waals surface area contributed by atoms with Gasteiger partial charge in [0.15, 0.2) is 0 Å². The molecule has 6 heteroatoms. The molecule has 22 heavy (non-hydrogen) atoms. The number of nitrogens with zero attached hydrogens (tertiary/aromatic N) is 1. The first kappa shape index (κ1) is 15.7. The van der Waals surface area contributed by atoms with E-state index in [2.05, 4.69) is 15.8 Å². The monoisotopic (exact) mass is 315 g/mol. The standard InChI is InChI=1S/C16H14ClN3O2/c17-14-8-6-13(7-9-14)11-19-20-16(22)15(21)18-10-12-4-2-1-3-5-12/h1-9,11H,10H2,(H,18,21)(H,20,22)/b19-11+. The van der Waals surface area contributed by atoms with Crippen molar-refractivity contribution in [3.63, 3.8) is 0 Å². The zero-order valence-electron chi connectivity index (χ0n) is 11.6. The van der Waals surface area contributed by atoms with Crippen LogP contribution < -0.4 is 10.7 Å². The molecule has 2 aromatic carbocycles. The van der Waals surface area contributed by atoms with Gasteiger partial charge in [0.05, 0.1) is 6.21 Å². The van der Waals surface area contributed by atoms with Crippen molar-refractivity contribution in [3.8, 4) is 0 Å². The number of carbonyl (C=O) groups excluding carboxylic acids is 2. The summed E-state index contributed by atoms with van der Waals surface area (Å²) in [4.78, 5) is 23.1. The van der Waals surface area contributed by atoms with Crippen molar-refractivity contribution in [2.75, 3.05) is 0 Å². The molecule has 0 unspecified atom stereocenters. The molecule has 2 rings (SSSR count). The van der Waals surface area contributed by atoms with Crippen LogP contribution >= 0.6 is 11.6 Å². The number of carbonyl (C=O) groups is 2. The molecule has 0 aliphatic rings. The lowest BCUT2D eigenvalue weighted by molar-refractivity contribution is -0.139. The molecule has 2 amide bonds. The number of benzene rings is 2. The molecule has 0 saturated carbocycles. The summed E-state index contributed by atoms with van der Waals surface area (Å²) in [6.45, 7) is 0.286. The van der Waals surface area contributed by atoms with Crippen LogP contribution in [-0.2, 0) is 16.1 Å². The molecule has 0 bridgehead atoms. The second-order valence-corrected chi connectivity index (χ2v) is 4.86. The van der Waals surface area contributed by atoms with Crippen LogP contribution in [0.5, 0.6) is 0 Å². The van der Waals surface area contributed by atoms with Crippen molar-refractivity contribution < 1.29 is 9.59 Å². The SMILES string of the molecule is O=C(NCc1ccccc1)C(=O)N/N=C/c1ccc(Cl)cc1. The molecule has 2 N–H and O–H groups in total. The predicted molar refractivity (Wildman–Crippen MR) is 85.5 cm³/mol. The van der Waals surface area contributed by atoms with Crippen LogP contribution in [0.3, 0.4) is 0 Å². The second-order valence-electron chi connectivity index (χ2n) is 4.42. The highest BCUT2D eigenvalue weighted by molar-refractivity contribution is 6.35. The highest BCUT2D eigenvalue weighted by Crippen LogP contribution is 2.07. The minimum absolute atomic E-state index is 0.286. The molecule has 0 aromatic heterocycles. The summed E-state index contributed by atoms with van der Waals surface area (Å²) in [6, 6.07) is 16.2. The minimum atomic E-state index is -0.818. The van der Waals surface area contributed by atoms with Crippen molar-refractivity contribution in [3.05, 3.63) is 70.7 Å². The number of rotatable bonds is 4. The van der Waals surface area contributed by atoms with Gasteiger partial charge < -0.3 is 5.32 Å². The van der Waals surface area contributed by atoms with Crippen LogP contribution in [0.4, 0.5) is 0 Å². The normalized spacial score (nSPS) is 10.4. The third-order valence-electron chi connectivity index (χ3n) is 2.75. The Balaban J connectivity index is 1.79. The van der Waals surface area contributed by atoms with Crippen LogP contribution in [0.2, 0.25) is 5.02 Å². The molecule has 5 nitrogen and oxygen atoms in total. The Labute approximate surface area is 133 Å². The maximum absolute atomic E-state index is 11.6. The lowest BCUT2D eigenvalue weighted by atomic mass is 10.2. The molecule has 2 aromatic rings. The Morgan fingerprint density at radius 2 is 1.68 bits per heavy atom. The van der Waals surface area contributed by atoms with Gasteiger partial charge in [0, 0.05) is 11.6 Å². The zero-order valence-corrected chi connectivity index (χ0v) is 12.4. The fourth-order valence-electron chi connectivity index (χ4n) is 1.62. The highest BCUT2D eigenvalue weighted by Gasteiger charge is 2.11. The van der Waals surface area contributed by atoms with Crippen LogP contribution in [-0.4, -0.2) is 18.0 Å². The van der Waals surface area contributed by atoms with Crippen LogP contribution in [0.1, 0.15) is 11.1 Å². The fourth-order valence-corrected chi connectivity index (χ4v) is 1.75. The number of amides is 2. The summed E-state index contributed by atoms with van der Waals surface area (Å²) in [6.07, 6.45) is 1.43. The van der Waals surface area contributed by atoms with E-state index >= 15 is 0 Å². The first-order valence-corrected chi connectivity index (χ1v) is 6.93. The van der Waals surface area contributed by atoms with E-state index in [0.29, 0.717) is 5.02 Å². The van der Waals surface area contributed by atoms with E-state index in [1.54, 1.807) is 24.3 Å². The van der Waals surface area contributed by atoms with Crippen LogP contribution in [0.25, 0.3) is 0 Å². The van der Waals surface area contributed by atoms with Gasteiger partial charge in [-0.15, -0.1) is 0 Å². The fraction of sp³-hybridized carbons (Fsp3) is 0.0625. The summed E-state index contributed by atoms with van der Waals surface area (Å²) >= 11 is 5.76. The van der Waals surface area contributed by atoms with Gasteiger partial charge in [-0.3, -0.25) is 9.59 Å². The summed E-state index contributed by atoms with van der Waals surface area (Å²) in [5, 5.41) is 6.84. The Morgan fingerprint density at radius 1 is 1.00 bits per heavy atom. The average molecular weight is 316 g/mol. The van der Waals surface area contributed by atoms with Crippen molar-refractivity contribution in [2.45, 2.75) is 6.54 Å². The third kappa shape index (κ3) is 5.03. The first-order chi connectivity index (χ1) is 10.6. The van der Waals surface area contributed by atoms with Gasteiger partial charge in [0.2, 0.25) is 0 Å². The van der Waals surface area contributed by atoms with E-state index in [9.17, 15) is 9.59 Å². The van der Waals surface area contributed by atoms with Gasteiger partial charge in [-0.1, -0.05) is 54.1 Å². The number of halogens is 1. The van der Waals surface area contributed by atoms with E-state index in [4.69, 9.17) is 11.6 Å². The lowest BCUT2D eigenvalue weighted by Gasteiger charge is -2.03. The Bertz CT molecular complexity index is 670. The van der Waals surface area contributed by atoms with E-state index in [1.165, 1.54) is 6.21 Å². The summed E-state index contributed by atoms with van der Waals surface area (Å²) in [5.41, 5.74) is 3.84. The zero-order chi connectivity index (χ0) is 15.8. The molecule has 0 aliphatic heterocycles. The molecular weight excluding hydrogens is 302 g/mol.